The van der Waals surface area contributed by atoms with Crippen LogP contribution in [0.4, 0.5) is 0 Å². The third kappa shape index (κ3) is 3.08. The predicted octanol–water partition coefficient (Wildman–Crippen LogP) is 3.40. The molecule has 0 aliphatic heterocycles. The van der Waals surface area contributed by atoms with Gasteiger partial charge in [0.25, 0.3) is 0 Å². The molecular formula is C10H11BrOS. The lowest BCUT2D eigenvalue weighted by molar-refractivity contribution is 0.413. The molecule has 0 aliphatic carbocycles. The molecular weight excluding hydrogens is 248 g/mol. The minimum atomic E-state index is 0.735. The average molecular weight is 259 g/mol. The van der Waals surface area contributed by atoms with Crippen LogP contribution >= 0.6 is 28.6 Å². The summed E-state index contributed by atoms with van der Waals surface area (Å²) in [5.41, 5.74) is 1.07. The normalized spacial score (nSPS) is 10.7. The van der Waals surface area contributed by atoms with E-state index in [-0.39, 0.29) is 0 Å². The van der Waals surface area contributed by atoms with Gasteiger partial charge in [-0.05, 0) is 12.1 Å². The fraction of sp³-hybridized carbons (Fsp3) is 0.200. The van der Waals surface area contributed by atoms with Crippen molar-refractivity contribution in [3.05, 3.63) is 34.3 Å². The van der Waals surface area contributed by atoms with Crippen LogP contribution in [-0.4, -0.2) is 12.9 Å². The zero-order valence-corrected chi connectivity index (χ0v) is 9.81. The monoisotopic (exact) mass is 258 g/mol. The van der Waals surface area contributed by atoms with E-state index < -0.39 is 0 Å². The average Bonchev–Trinajstić information content (AvgIpc) is 2.16. The molecule has 13 heavy (non-hydrogen) atoms. The zero-order chi connectivity index (χ0) is 9.68. The molecule has 0 aliphatic rings. The molecule has 3 heteroatoms. The topological polar surface area (TPSA) is 9.23 Å². The lowest BCUT2D eigenvalue weighted by Crippen LogP contribution is -1.86. The van der Waals surface area contributed by atoms with E-state index in [0.717, 1.165) is 21.5 Å². The number of ether oxygens (including phenoxy) is 1. The van der Waals surface area contributed by atoms with Gasteiger partial charge in [0.1, 0.15) is 5.75 Å². The van der Waals surface area contributed by atoms with Crippen LogP contribution in [-0.2, 0) is 0 Å². The summed E-state index contributed by atoms with van der Waals surface area (Å²) in [7, 11) is 1.67. The van der Waals surface area contributed by atoms with Crippen LogP contribution in [0.3, 0.4) is 0 Å². The molecule has 0 N–H and O–H groups in total. The summed E-state index contributed by atoms with van der Waals surface area (Å²) in [4.78, 5) is 0. The Balaban J connectivity index is 2.99. The molecule has 1 rings (SSSR count). The van der Waals surface area contributed by atoms with Gasteiger partial charge in [0, 0.05) is 15.8 Å². The Labute approximate surface area is 92.3 Å². The molecule has 0 aromatic heterocycles. The van der Waals surface area contributed by atoms with Crippen molar-refractivity contribution >= 4 is 34.6 Å². The van der Waals surface area contributed by atoms with E-state index in [2.05, 4.69) is 28.6 Å². The first kappa shape index (κ1) is 10.7. The standard InChI is InChI=1S/C10H11BrOS/c1-12-10-7-9(11)5-4-8(10)3-2-6-13/h2-5,7,13H,6H2,1H3. The summed E-state index contributed by atoms with van der Waals surface area (Å²) < 4.78 is 6.24. The molecule has 0 radical (unpaired) electrons. The summed E-state index contributed by atoms with van der Waals surface area (Å²) >= 11 is 7.48. The smallest absolute Gasteiger partial charge is 0.127 e. The number of hydrogen-bond donors (Lipinski definition) is 1. The molecule has 1 aromatic rings. The Morgan fingerprint density at radius 3 is 2.92 bits per heavy atom. The quantitative estimate of drug-likeness (QED) is 0.818. The van der Waals surface area contributed by atoms with Gasteiger partial charge in [0.05, 0.1) is 7.11 Å². The van der Waals surface area contributed by atoms with Gasteiger partial charge < -0.3 is 4.74 Å². The van der Waals surface area contributed by atoms with E-state index >= 15 is 0 Å². The third-order valence-electron chi connectivity index (χ3n) is 1.60. The summed E-state index contributed by atoms with van der Waals surface area (Å²) in [5, 5.41) is 0. The maximum absolute atomic E-state index is 5.22. The van der Waals surface area contributed by atoms with E-state index in [1.54, 1.807) is 7.11 Å². The Bertz CT molecular complexity index is 310. The fourth-order valence-electron chi connectivity index (χ4n) is 1.00. The molecule has 0 amide bonds. The summed E-state index contributed by atoms with van der Waals surface area (Å²) in [5.74, 6) is 1.60. The van der Waals surface area contributed by atoms with Crippen LogP contribution < -0.4 is 4.74 Å². The van der Waals surface area contributed by atoms with Gasteiger partial charge in [-0.25, -0.2) is 0 Å². The molecule has 0 fully saturated rings. The number of rotatable bonds is 3. The maximum Gasteiger partial charge on any atom is 0.127 e. The second-order valence-corrected chi connectivity index (χ2v) is 3.75. The van der Waals surface area contributed by atoms with Gasteiger partial charge in [-0.1, -0.05) is 34.1 Å². The fourth-order valence-corrected chi connectivity index (χ4v) is 1.45. The first-order valence-electron chi connectivity index (χ1n) is 3.89. The second-order valence-electron chi connectivity index (χ2n) is 2.47. The summed E-state index contributed by atoms with van der Waals surface area (Å²) in [6, 6.07) is 5.93. The Kier molecular flexibility index (Phi) is 4.39. The van der Waals surface area contributed by atoms with Crippen molar-refractivity contribution in [2.75, 3.05) is 12.9 Å². The number of hydrogen-bond acceptors (Lipinski definition) is 2. The van der Waals surface area contributed by atoms with Crippen molar-refractivity contribution in [2.24, 2.45) is 0 Å². The van der Waals surface area contributed by atoms with Crippen molar-refractivity contribution < 1.29 is 4.74 Å². The minimum absolute atomic E-state index is 0.735. The van der Waals surface area contributed by atoms with Crippen molar-refractivity contribution in [1.29, 1.82) is 0 Å². The van der Waals surface area contributed by atoms with Gasteiger partial charge in [-0.15, -0.1) is 0 Å². The first-order chi connectivity index (χ1) is 6.27. The highest BCUT2D eigenvalue weighted by atomic mass is 79.9. The van der Waals surface area contributed by atoms with Crippen LogP contribution in [0.2, 0.25) is 0 Å². The van der Waals surface area contributed by atoms with E-state index in [1.807, 2.05) is 30.4 Å². The first-order valence-corrected chi connectivity index (χ1v) is 5.31. The van der Waals surface area contributed by atoms with Gasteiger partial charge in [0.2, 0.25) is 0 Å². The Morgan fingerprint density at radius 1 is 1.54 bits per heavy atom. The van der Waals surface area contributed by atoms with Crippen LogP contribution in [0.5, 0.6) is 5.75 Å². The van der Waals surface area contributed by atoms with E-state index in [0.29, 0.717) is 0 Å². The molecule has 0 atom stereocenters. The van der Waals surface area contributed by atoms with Crippen LogP contribution in [0.25, 0.3) is 6.08 Å². The molecule has 70 valence electrons. The van der Waals surface area contributed by atoms with Crippen LogP contribution in [0.15, 0.2) is 28.7 Å². The molecule has 0 saturated carbocycles. The highest BCUT2D eigenvalue weighted by molar-refractivity contribution is 9.10. The molecule has 0 saturated heterocycles. The third-order valence-corrected chi connectivity index (χ3v) is 2.30. The molecule has 1 nitrogen and oxygen atoms in total. The number of halogens is 1. The maximum atomic E-state index is 5.22. The van der Waals surface area contributed by atoms with Crippen molar-refractivity contribution in [2.45, 2.75) is 0 Å². The van der Waals surface area contributed by atoms with E-state index in [9.17, 15) is 0 Å². The highest BCUT2D eigenvalue weighted by Gasteiger charge is 1.98. The Hall–Kier alpha value is -0.410. The summed E-state index contributed by atoms with van der Waals surface area (Å²) in [6.45, 7) is 0. The zero-order valence-electron chi connectivity index (χ0n) is 7.33. The van der Waals surface area contributed by atoms with Crippen molar-refractivity contribution in [3.8, 4) is 5.75 Å². The largest absolute Gasteiger partial charge is 0.496 e. The van der Waals surface area contributed by atoms with Gasteiger partial charge in [0.15, 0.2) is 0 Å². The van der Waals surface area contributed by atoms with Crippen molar-refractivity contribution in [1.82, 2.24) is 0 Å². The molecule has 0 bridgehead atoms. The van der Waals surface area contributed by atoms with Crippen LogP contribution in [0.1, 0.15) is 5.56 Å². The minimum Gasteiger partial charge on any atom is -0.496 e. The van der Waals surface area contributed by atoms with E-state index in [1.165, 1.54) is 0 Å². The van der Waals surface area contributed by atoms with Crippen LogP contribution in [0, 0.1) is 0 Å². The molecule has 1 aromatic carbocycles. The molecule has 0 unspecified atom stereocenters. The SMILES string of the molecule is COc1cc(Br)ccc1C=CCS. The Morgan fingerprint density at radius 2 is 2.31 bits per heavy atom. The van der Waals surface area contributed by atoms with Gasteiger partial charge >= 0.3 is 0 Å². The second kappa shape index (κ2) is 5.35. The van der Waals surface area contributed by atoms with Crippen molar-refractivity contribution in [3.63, 3.8) is 0 Å². The lowest BCUT2D eigenvalue weighted by Gasteiger charge is -2.04. The van der Waals surface area contributed by atoms with Gasteiger partial charge in [-0.3, -0.25) is 0 Å². The number of thiol groups is 1. The summed E-state index contributed by atoms with van der Waals surface area (Å²) in [6.07, 6.45) is 3.98. The molecule has 0 heterocycles. The highest BCUT2D eigenvalue weighted by Crippen LogP contribution is 2.24. The number of benzene rings is 1. The number of methoxy groups -OCH3 is 1. The molecule has 0 spiro atoms. The predicted molar refractivity (Wildman–Crippen MR) is 63.6 cm³/mol. The van der Waals surface area contributed by atoms with E-state index in [4.69, 9.17) is 4.74 Å². The van der Waals surface area contributed by atoms with Gasteiger partial charge in [-0.2, -0.15) is 12.6 Å². The lowest BCUT2D eigenvalue weighted by atomic mass is 10.2.